The fraction of sp³-hybridized carbons (Fsp3) is 0.240. The van der Waals surface area contributed by atoms with Crippen LogP contribution in [0.5, 0.6) is 0 Å². The lowest BCUT2D eigenvalue weighted by Gasteiger charge is -2.21. The lowest BCUT2D eigenvalue weighted by Crippen LogP contribution is -2.18. The summed E-state index contributed by atoms with van der Waals surface area (Å²) in [6, 6.07) is 15.6. The summed E-state index contributed by atoms with van der Waals surface area (Å²) >= 11 is 1.57. The molecule has 0 spiro atoms. The summed E-state index contributed by atoms with van der Waals surface area (Å²) in [6.07, 6.45) is 2.37. The highest BCUT2D eigenvalue weighted by Crippen LogP contribution is 2.38. The van der Waals surface area contributed by atoms with Crippen LogP contribution in [0, 0.1) is 20.8 Å². The van der Waals surface area contributed by atoms with Crippen LogP contribution in [-0.4, -0.2) is 15.9 Å². The number of thiophene rings is 1. The van der Waals surface area contributed by atoms with Crippen molar-refractivity contribution in [3.8, 4) is 0 Å². The molecule has 1 amide bonds. The molecule has 7 heteroatoms. The number of hydrogen-bond acceptors (Lipinski definition) is 6. The molecule has 0 radical (unpaired) electrons. The predicted molar refractivity (Wildman–Crippen MR) is 129 cm³/mol. The van der Waals surface area contributed by atoms with Gasteiger partial charge in [-0.2, -0.15) is 0 Å². The second-order valence-electron chi connectivity index (χ2n) is 7.74. The van der Waals surface area contributed by atoms with Crippen LogP contribution in [0.1, 0.15) is 56.5 Å². The van der Waals surface area contributed by atoms with Crippen molar-refractivity contribution in [1.82, 2.24) is 9.97 Å². The van der Waals surface area contributed by atoms with Crippen LogP contribution >= 0.6 is 11.3 Å². The average Bonchev–Trinajstić information content (AvgIpc) is 3.42. The van der Waals surface area contributed by atoms with Crippen molar-refractivity contribution in [3.63, 3.8) is 0 Å². The van der Waals surface area contributed by atoms with Crippen molar-refractivity contribution in [2.45, 2.75) is 40.2 Å². The maximum atomic E-state index is 12.7. The molecule has 0 aliphatic heterocycles. The van der Waals surface area contributed by atoms with Gasteiger partial charge in [0.15, 0.2) is 5.76 Å². The van der Waals surface area contributed by atoms with E-state index in [4.69, 9.17) is 4.42 Å². The summed E-state index contributed by atoms with van der Waals surface area (Å²) in [6.45, 7) is 8.08. The van der Waals surface area contributed by atoms with E-state index in [1.807, 2.05) is 19.9 Å². The number of amides is 1. The minimum Gasteiger partial charge on any atom is -0.459 e. The van der Waals surface area contributed by atoms with E-state index in [2.05, 4.69) is 64.8 Å². The third-order valence-electron chi connectivity index (χ3n) is 5.11. The number of anilines is 2. The monoisotopic (exact) mass is 446 g/mol. The number of benzene rings is 1. The first kappa shape index (κ1) is 21.8. The summed E-state index contributed by atoms with van der Waals surface area (Å²) in [5.74, 6) is 0.562. The molecular formula is C25H26N4O2S. The second kappa shape index (κ2) is 9.36. The Kier molecular flexibility index (Phi) is 6.37. The molecule has 1 atom stereocenters. The molecule has 0 saturated heterocycles. The van der Waals surface area contributed by atoms with Gasteiger partial charge in [-0.05, 0) is 57.0 Å². The maximum absolute atomic E-state index is 12.7. The van der Waals surface area contributed by atoms with E-state index in [0.717, 1.165) is 33.9 Å². The molecule has 4 aromatic rings. The number of nitrogens with one attached hydrogen (secondary N) is 2. The number of rotatable bonds is 7. The molecule has 0 fully saturated rings. The highest BCUT2D eigenvalue weighted by atomic mass is 32.1. The van der Waals surface area contributed by atoms with Crippen LogP contribution < -0.4 is 10.6 Å². The highest BCUT2D eigenvalue weighted by molar-refractivity contribution is 7.16. The summed E-state index contributed by atoms with van der Waals surface area (Å²) < 4.78 is 5.28. The van der Waals surface area contributed by atoms with E-state index >= 15 is 0 Å². The zero-order chi connectivity index (χ0) is 22.7. The van der Waals surface area contributed by atoms with Crippen molar-refractivity contribution in [1.29, 1.82) is 0 Å². The minimum atomic E-state index is -0.272. The van der Waals surface area contributed by atoms with Gasteiger partial charge in [0.25, 0.3) is 5.91 Å². The van der Waals surface area contributed by atoms with Gasteiger partial charge in [0.2, 0.25) is 5.95 Å². The van der Waals surface area contributed by atoms with Gasteiger partial charge in [0.1, 0.15) is 5.00 Å². The molecule has 0 saturated carbocycles. The third-order valence-corrected chi connectivity index (χ3v) is 6.32. The first-order chi connectivity index (χ1) is 15.4. The Morgan fingerprint density at radius 1 is 1.06 bits per heavy atom. The van der Waals surface area contributed by atoms with Crippen molar-refractivity contribution in [2.24, 2.45) is 0 Å². The highest BCUT2D eigenvalue weighted by Gasteiger charge is 2.23. The van der Waals surface area contributed by atoms with E-state index in [-0.39, 0.29) is 17.7 Å². The average molecular weight is 447 g/mol. The Hall–Kier alpha value is -3.45. The Morgan fingerprint density at radius 2 is 1.78 bits per heavy atom. The quantitative estimate of drug-likeness (QED) is 0.360. The molecule has 0 aliphatic carbocycles. The van der Waals surface area contributed by atoms with Gasteiger partial charge >= 0.3 is 0 Å². The Labute approximate surface area is 191 Å². The molecule has 1 aromatic carbocycles. The normalized spacial score (nSPS) is 11.9. The van der Waals surface area contributed by atoms with Crippen LogP contribution in [-0.2, 0) is 6.42 Å². The summed E-state index contributed by atoms with van der Waals surface area (Å²) in [5.41, 5.74) is 5.01. The van der Waals surface area contributed by atoms with Gasteiger partial charge in [-0.25, -0.2) is 9.97 Å². The number of aromatic nitrogens is 2. The van der Waals surface area contributed by atoms with Crippen LogP contribution in [0.3, 0.4) is 0 Å². The van der Waals surface area contributed by atoms with E-state index in [1.54, 1.807) is 23.5 Å². The Balaban J connectivity index is 1.77. The molecule has 0 bridgehead atoms. The molecular weight excluding hydrogens is 420 g/mol. The summed E-state index contributed by atoms with van der Waals surface area (Å²) in [7, 11) is 0. The molecule has 6 nitrogen and oxygen atoms in total. The number of hydrogen-bond donors (Lipinski definition) is 2. The topological polar surface area (TPSA) is 80.0 Å². The van der Waals surface area contributed by atoms with Gasteiger partial charge in [0, 0.05) is 21.8 Å². The van der Waals surface area contributed by atoms with E-state index in [1.165, 1.54) is 16.7 Å². The van der Waals surface area contributed by atoms with Crippen LogP contribution in [0.2, 0.25) is 0 Å². The Morgan fingerprint density at radius 3 is 2.41 bits per heavy atom. The maximum Gasteiger partial charge on any atom is 0.291 e. The third kappa shape index (κ3) is 4.89. The van der Waals surface area contributed by atoms with Gasteiger partial charge in [0.05, 0.1) is 12.3 Å². The number of carbonyl (C=O) groups excluding carboxylic acids is 1. The number of carbonyl (C=O) groups is 1. The van der Waals surface area contributed by atoms with Crippen LogP contribution in [0.25, 0.3) is 0 Å². The largest absolute Gasteiger partial charge is 0.459 e. The number of nitrogens with zero attached hydrogens (tertiary/aromatic N) is 2. The second-order valence-corrected chi connectivity index (χ2v) is 8.88. The molecule has 3 aromatic heterocycles. The fourth-order valence-electron chi connectivity index (χ4n) is 3.54. The lowest BCUT2D eigenvalue weighted by molar-refractivity contribution is 0.0997. The predicted octanol–water partition coefficient (Wildman–Crippen LogP) is 6.07. The molecule has 32 heavy (non-hydrogen) atoms. The van der Waals surface area contributed by atoms with Gasteiger partial charge in [-0.15, -0.1) is 11.3 Å². The first-order valence-corrected chi connectivity index (χ1v) is 11.4. The fourth-order valence-corrected chi connectivity index (χ4v) is 4.57. The molecule has 0 aliphatic rings. The molecule has 2 N–H and O–H groups in total. The van der Waals surface area contributed by atoms with Crippen LogP contribution in [0.4, 0.5) is 10.9 Å². The van der Waals surface area contributed by atoms with Gasteiger partial charge < -0.3 is 15.1 Å². The summed E-state index contributed by atoms with van der Waals surface area (Å²) in [4.78, 5) is 23.1. The molecule has 4 rings (SSSR count). The zero-order valence-electron chi connectivity index (χ0n) is 18.6. The van der Waals surface area contributed by atoms with E-state index in [9.17, 15) is 4.79 Å². The van der Waals surface area contributed by atoms with Gasteiger partial charge in [-0.3, -0.25) is 4.79 Å². The van der Waals surface area contributed by atoms with Crippen molar-refractivity contribution >= 4 is 28.2 Å². The zero-order valence-corrected chi connectivity index (χ0v) is 19.4. The lowest BCUT2D eigenvalue weighted by atomic mass is 9.99. The van der Waals surface area contributed by atoms with Crippen molar-refractivity contribution in [2.75, 3.05) is 10.6 Å². The molecule has 3 heterocycles. The number of furan rings is 1. The van der Waals surface area contributed by atoms with E-state index < -0.39 is 0 Å². The summed E-state index contributed by atoms with van der Waals surface area (Å²) in [5, 5.41) is 7.33. The standard InChI is InChI=1S/C25H26N4O2S/c1-5-19-14-20(24(32-19)29-23(30)21-7-6-12-31-21)22(18-10-8-15(2)9-11-18)28-25-26-16(3)13-17(4)27-25/h6-14,22H,5H2,1-4H3,(H,29,30)(H,26,27,28)/t22-/m1/s1. The van der Waals surface area contributed by atoms with Crippen LogP contribution in [0.15, 0.2) is 59.2 Å². The SMILES string of the molecule is CCc1cc([C@H](Nc2nc(C)cc(C)n2)c2ccc(C)cc2)c(NC(=O)c2ccco2)s1. The van der Waals surface area contributed by atoms with E-state index in [0.29, 0.717) is 5.95 Å². The minimum absolute atomic E-state index is 0.236. The first-order valence-electron chi connectivity index (χ1n) is 10.6. The Bertz CT molecular complexity index is 1190. The van der Waals surface area contributed by atoms with Crippen molar-refractivity contribution in [3.05, 3.63) is 93.5 Å². The smallest absolute Gasteiger partial charge is 0.291 e. The van der Waals surface area contributed by atoms with Crippen molar-refractivity contribution < 1.29 is 9.21 Å². The molecule has 0 unspecified atom stereocenters. The molecule has 164 valence electrons. The van der Waals surface area contributed by atoms with Gasteiger partial charge in [-0.1, -0.05) is 36.8 Å². The number of aryl methyl sites for hydroxylation is 4.